The van der Waals surface area contributed by atoms with Crippen LogP contribution in [0.2, 0.25) is 5.02 Å². The number of hydrogen-bond acceptors (Lipinski definition) is 3. The van der Waals surface area contributed by atoms with Crippen molar-refractivity contribution in [2.45, 2.75) is 25.2 Å². The van der Waals surface area contributed by atoms with E-state index in [1.54, 1.807) is 7.11 Å². The summed E-state index contributed by atoms with van der Waals surface area (Å²) in [5.41, 5.74) is 7.88. The van der Waals surface area contributed by atoms with Gasteiger partial charge in [0.15, 0.2) is 0 Å². The molecular formula is C14H20ClNO2. The van der Waals surface area contributed by atoms with E-state index in [0.29, 0.717) is 6.54 Å². The quantitative estimate of drug-likeness (QED) is 0.894. The zero-order chi connectivity index (χ0) is 13.2. The molecule has 1 aliphatic rings. The van der Waals surface area contributed by atoms with Crippen LogP contribution in [0.25, 0.3) is 0 Å². The first-order valence-electron chi connectivity index (χ1n) is 6.25. The summed E-state index contributed by atoms with van der Waals surface area (Å²) in [6.45, 7) is 4.17. The van der Waals surface area contributed by atoms with Crippen LogP contribution in [0.1, 0.15) is 24.0 Å². The van der Waals surface area contributed by atoms with Gasteiger partial charge in [-0.15, -0.1) is 0 Å². The van der Waals surface area contributed by atoms with E-state index in [9.17, 15) is 0 Å². The van der Waals surface area contributed by atoms with Gasteiger partial charge in [-0.05, 0) is 44.0 Å². The van der Waals surface area contributed by atoms with Gasteiger partial charge >= 0.3 is 0 Å². The lowest BCUT2D eigenvalue weighted by molar-refractivity contribution is -0.0658. The van der Waals surface area contributed by atoms with Crippen molar-refractivity contribution in [2.75, 3.05) is 26.9 Å². The van der Waals surface area contributed by atoms with Crippen LogP contribution in [0.5, 0.6) is 5.75 Å². The monoisotopic (exact) mass is 269 g/mol. The fourth-order valence-corrected chi connectivity index (χ4v) is 2.89. The van der Waals surface area contributed by atoms with Crippen molar-refractivity contribution >= 4 is 11.6 Å². The Hall–Kier alpha value is -0.770. The lowest BCUT2D eigenvalue weighted by Gasteiger charge is -2.43. The van der Waals surface area contributed by atoms with Crippen molar-refractivity contribution in [1.82, 2.24) is 0 Å². The smallest absolute Gasteiger partial charge is 0.125 e. The molecule has 1 aromatic rings. The Bertz CT molecular complexity index is 430. The van der Waals surface area contributed by atoms with Crippen LogP contribution < -0.4 is 10.5 Å². The summed E-state index contributed by atoms with van der Waals surface area (Å²) < 4.78 is 11.0. The predicted molar refractivity (Wildman–Crippen MR) is 73.5 cm³/mol. The fourth-order valence-electron chi connectivity index (χ4n) is 2.62. The average Bonchev–Trinajstić information content (AvgIpc) is 2.27. The van der Waals surface area contributed by atoms with Gasteiger partial charge in [-0.3, -0.25) is 0 Å². The van der Waals surface area contributed by atoms with E-state index in [1.165, 1.54) is 0 Å². The number of benzene rings is 1. The maximum atomic E-state index is 6.18. The van der Waals surface area contributed by atoms with E-state index in [1.807, 2.05) is 19.1 Å². The van der Waals surface area contributed by atoms with Gasteiger partial charge in [0.05, 0.1) is 20.3 Å². The molecule has 100 valence electrons. The van der Waals surface area contributed by atoms with Gasteiger partial charge in [-0.1, -0.05) is 11.6 Å². The van der Waals surface area contributed by atoms with Gasteiger partial charge in [-0.25, -0.2) is 0 Å². The number of halogens is 1. The van der Waals surface area contributed by atoms with E-state index >= 15 is 0 Å². The standard InChI is InChI=1S/C14H20ClNO2/c1-10-6-11(15)7-12(13(10)17-2)14(4-3-5-16)8-18-9-14/h6-7H,3-5,8-9,16H2,1-2H3. The topological polar surface area (TPSA) is 44.5 Å². The molecular weight excluding hydrogens is 250 g/mol. The average molecular weight is 270 g/mol. The van der Waals surface area contributed by atoms with E-state index in [0.717, 1.165) is 48.0 Å². The molecule has 2 N–H and O–H groups in total. The maximum Gasteiger partial charge on any atom is 0.125 e. The first kappa shape index (κ1) is 13.7. The maximum absolute atomic E-state index is 6.18. The molecule has 0 spiro atoms. The van der Waals surface area contributed by atoms with Crippen molar-refractivity contribution in [3.8, 4) is 5.75 Å². The second-order valence-corrected chi connectivity index (χ2v) is 5.41. The highest BCUT2D eigenvalue weighted by molar-refractivity contribution is 6.30. The van der Waals surface area contributed by atoms with Gasteiger partial charge < -0.3 is 15.2 Å². The number of methoxy groups -OCH3 is 1. The van der Waals surface area contributed by atoms with Crippen LogP contribution in [0, 0.1) is 6.92 Å². The predicted octanol–water partition coefficient (Wildman–Crippen LogP) is 2.66. The molecule has 0 aliphatic carbocycles. The van der Waals surface area contributed by atoms with E-state index in [2.05, 4.69) is 0 Å². The molecule has 3 nitrogen and oxygen atoms in total. The number of hydrogen-bond donors (Lipinski definition) is 1. The van der Waals surface area contributed by atoms with Gasteiger partial charge in [-0.2, -0.15) is 0 Å². The SMILES string of the molecule is COc1c(C)cc(Cl)cc1C1(CCCN)COC1. The van der Waals surface area contributed by atoms with Crippen LogP contribution in [-0.4, -0.2) is 26.9 Å². The summed E-state index contributed by atoms with van der Waals surface area (Å²) in [6.07, 6.45) is 2.00. The molecule has 1 saturated heterocycles. The molecule has 0 radical (unpaired) electrons. The molecule has 0 saturated carbocycles. The summed E-state index contributed by atoms with van der Waals surface area (Å²) in [4.78, 5) is 0. The van der Waals surface area contributed by atoms with Crippen LogP contribution >= 0.6 is 11.6 Å². The zero-order valence-electron chi connectivity index (χ0n) is 11.0. The normalized spacial score (nSPS) is 17.3. The number of aryl methyl sites for hydroxylation is 1. The molecule has 4 heteroatoms. The number of ether oxygens (including phenoxy) is 2. The highest BCUT2D eigenvalue weighted by atomic mass is 35.5. The Labute approximate surface area is 113 Å². The third-order valence-corrected chi connectivity index (χ3v) is 3.85. The zero-order valence-corrected chi connectivity index (χ0v) is 11.7. The number of rotatable bonds is 5. The van der Waals surface area contributed by atoms with Crippen LogP contribution in [-0.2, 0) is 10.2 Å². The molecule has 2 rings (SSSR count). The second-order valence-electron chi connectivity index (χ2n) is 4.97. The molecule has 0 unspecified atom stereocenters. The summed E-state index contributed by atoms with van der Waals surface area (Å²) in [5, 5.41) is 0.752. The summed E-state index contributed by atoms with van der Waals surface area (Å²) in [6, 6.07) is 3.94. The van der Waals surface area contributed by atoms with Gasteiger partial charge in [0, 0.05) is 16.0 Å². The minimum Gasteiger partial charge on any atom is -0.496 e. The number of nitrogens with two attached hydrogens (primary N) is 1. The van der Waals surface area contributed by atoms with Crippen LogP contribution in [0.15, 0.2) is 12.1 Å². The molecule has 0 atom stereocenters. The van der Waals surface area contributed by atoms with E-state index in [4.69, 9.17) is 26.8 Å². The minimum atomic E-state index is 0.0281. The molecule has 1 aliphatic heterocycles. The highest BCUT2D eigenvalue weighted by Gasteiger charge is 2.42. The van der Waals surface area contributed by atoms with Crippen molar-refractivity contribution in [1.29, 1.82) is 0 Å². The molecule has 0 aromatic heterocycles. The molecule has 1 aromatic carbocycles. The molecule has 1 fully saturated rings. The third-order valence-electron chi connectivity index (χ3n) is 3.63. The van der Waals surface area contributed by atoms with Crippen molar-refractivity contribution < 1.29 is 9.47 Å². The summed E-state index contributed by atoms with van der Waals surface area (Å²) >= 11 is 6.18. The highest BCUT2D eigenvalue weighted by Crippen LogP contribution is 2.43. The second kappa shape index (κ2) is 5.47. The Morgan fingerprint density at radius 1 is 1.44 bits per heavy atom. The third kappa shape index (κ3) is 2.35. The van der Waals surface area contributed by atoms with Crippen LogP contribution in [0.4, 0.5) is 0 Å². The molecule has 0 bridgehead atoms. The first-order valence-corrected chi connectivity index (χ1v) is 6.63. The van der Waals surface area contributed by atoms with Gasteiger partial charge in [0.25, 0.3) is 0 Å². The first-order chi connectivity index (χ1) is 8.63. The molecule has 0 amide bonds. The van der Waals surface area contributed by atoms with Gasteiger partial charge in [0.1, 0.15) is 5.75 Å². The summed E-state index contributed by atoms with van der Waals surface area (Å²) in [7, 11) is 1.70. The van der Waals surface area contributed by atoms with E-state index in [-0.39, 0.29) is 5.41 Å². The molecule has 1 heterocycles. The largest absolute Gasteiger partial charge is 0.496 e. The van der Waals surface area contributed by atoms with Gasteiger partial charge in [0.2, 0.25) is 0 Å². The van der Waals surface area contributed by atoms with Crippen molar-refractivity contribution in [3.63, 3.8) is 0 Å². The molecule has 18 heavy (non-hydrogen) atoms. The Balaban J connectivity index is 2.41. The van der Waals surface area contributed by atoms with Crippen LogP contribution in [0.3, 0.4) is 0 Å². The minimum absolute atomic E-state index is 0.0281. The Morgan fingerprint density at radius 3 is 2.67 bits per heavy atom. The lowest BCUT2D eigenvalue weighted by Crippen LogP contribution is -2.47. The van der Waals surface area contributed by atoms with Crippen molar-refractivity contribution in [3.05, 3.63) is 28.3 Å². The summed E-state index contributed by atoms with van der Waals surface area (Å²) in [5.74, 6) is 0.930. The van der Waals surface area contributed by atoms with Crippen molar-refractivity contribution in [2.24, 2.45) is 5.73 Å². The fraction of sp³-hybridized carbons (Fsp3) is 0.571. The van der Waals surface area contributed by atoms with E-state index < -0.39 is 0 Å². The lowest BCUT2D eigenvalue weighted by atomic mass is 9.74. The Morgan fingerprint density at radius 2 is 2.17 bits per heavy atom. The Kier molecular flexibility index (Phi) is 4.15.